The van der Waals surface area contributed by atoms with Crippen LogP contribution >= 0.6 is 15.9 Å². The molecule has 0 atom stereocenters. The quantitative estimate of drug-likeness (QED) is 0.321. The second-order valence-corrected chi connectivity index (χ2v) is 7.49. The average Bonchev–Trinajstić information content (AvgIpc) is 3.53. The summed E-state index contributed by atoms with van der Waals surface area (Å²) in [6.45, 7) is 1.53. The highest BCUT2D eigenvalue weighted by molar-refractivity contribution is 9.10. The van der Waals surface area contributed by atoms with E-state index >= 15 is 0 Å². The van der Waals surface area contributed by atoms with Crippen molar-refractivity contribution in [3.63, 3.8) is 0 Å². The minimum Gasteiger partial charge on any atom is -0.463 e. The Hall–Kier alpha value is -3.79. The molecule has 0 N–H and O–H groups in total. The molecule has 0 aliphatic heterocycles. The van der Waals surface area contributed by atoms with Crippen molar-refractivity contribution in [2.45, 2.75) is 13.5 Å². The molecule has 0 radical (unpaired) electrons. The standard InChI is InChI=1S/C21H13BrN4O5/c1-11-18-14(9-15(16-6-3-7-28-16)23-20(18)31-25-11)21(27)29-10-17-24-19(26-30-17)12-4-2-5-13(22)8-12/h2-9H,10H2,1H3. The van der Waals surface area contributed by atoms with Crippen LogP contribution in [0.1, 0.15) is 21.9 Å². The number of carbonyl (C=O) groups excluding carboxylic acids is 1. The van der Waals surface area contributed by atoms with Gasteiger partial charge in [-0.2, -0.15) is 4.98 Å². The number of carbonyl (C=O) groups is 1. The van der Waals surface area contributed by atoms with Gasteiger partial charge in [0.1, 0.15) is 5.69 Å². The molecule has 10 heteroatoms. The van der Waals surface area contributed by atoms with Crippen molar-refractivity contribution in [2.75, 3.05) is 0 Å². The Labute approximate surface area is 183 Å². The molecule has 0 saturated carbocycles. The molecule has 5 aromatic rings. The van der Waals surface area contributed by atoms with E-state index in [1.165, 1.54) is 6.26 Å². The Bertz CT molecular complexity index is 1390. The maximum atomic E-state index is 12.9. The number of ether oxygens (including phenoxy) is 1. The Morgan fingerprint density at radius 2 is 2.00 bits per heavy atom. The van der Waals surface area contributed by atoms with Gasteiger partial charge in [-0.1, -0.05) is 38.4 Å². The van der Waals surface area contributed by atoms with Crippen LogP contribution in [0.3, 0.4) is 0 Å². The van der Waals surface area contributed by atoms with Crippen molar-refractivity contribution in [2.24, 2.45) is 0 Å². The number of benzene rings is 1. The number of hydrogen-bond donors (Lipinski definition) is 0. The molecule has 0 fully saturated rings. The first-order chi connectivity index (χ1) is 15.1. The molecule has 1 aromatic carbocycles. The van der Waals surface area contributed by atoms with Gasteiger partial charge in [-0.3, -0.25) is 0 Å². The van der Waals surface area contributed by atoms with Gasteiger partial charge in [-0.05, 0) is 37.3 Å². The zero-order valence-electron chi connectivity index (χ0n) is 16.0. The minimum atomic E-state index is -0.603. The maximum Gasteiger partial charge on any atom is 0.339 e. The Balaban J connectivity index is 1.40. The highest BCUT2D eigenvalue weighted by Gasteiger charge is 2.22. The summed E-state index contributed by atoms with van der Waals surface area (Å²) in [6, 6.07) is 12.5. The first-order valence-electron chi connectivity index (χ1n) is 9.15. The van der Waals surface area contributed by atoms with E-state index in [2.05, 4.69) is 36.2 Å². The number of hydrogen-bond acceptors (Lipinski definition) is 9. The van der Waals surface area contributed by atoms with Crippen LogP contribution in [0.5, 0.6) is 0 Å². The fourth-order valence-electron chi connectivity index (χ4n) is 3.07. The fourth-order valence-corrected chi connectivity index (χ4v) is 3.47. The number of aromatic nitrogens is 4. The van der Waals surface area contributed by atoms with Crippen LogP contribution in [0.4, 0.5) is 0 Å². The third kappa shape index (κ3) is 3.73. The second-order valence-electron chi connectivity index (χ2n) is 6.58. The lowest BCUT2D eigenvalue weighted by Crippen LogP contribution is -2.07. The number of halogens is 1. The average molecular weight is 481 g/mol. The van der Waals surface area contributed by atoms with Gasteiger partial charge < -0.3 is 18.2 Å². The summed E-state index contributed by atoms with van der Waals surface area (Å²) in [6.07, 6.45) is 1.52. The lowest BCUT2D eigenvalue weighted by molar-refractivity contribution is 0.0432. The van der Waals surface area contributed by atoms with Crippen LogP contribution in [0, 0.1) is 6.92 Å². The molecule has 31 heavy (non-hydrogen) atoms. The summed E-state index contributed by atoms with van der Waals surface area (Å²) in [5, 5.41) is 8.31. The summed E-state index contributed by atoms with van der Waals surface area (Å²) in [7, 11) is 0. The van der Waals surface area contributed by atoms with Crippen LogP contribution in [0.25, 0.3) is 33.9 Å². The van der Waals surface area contributed by atoms with Crippen LogP contribution in [-0.4, -0.2) is 26.3 Å². The molecule has 154 valence electrons. The number of nitrogens with zero attached hydrogens (tertiary/aromatic N) is 4. The molecule has 4 aromatic heterocycles. The topological polar surface area (TPSA) is 117 Å². The van der Waals surface area contributed by atoms with Crippen molar-refractivity contribution >= 4 is 33.0 Å². The zero-order chi connectivity index (χ0) is 21.4. The summed E-state index contributed by atoms with van der Waals surface area (Å²) in [5.74, 6) is 0.449. The summed E-state index contributed by atoms with van der Waals surface area (Å²) < 4.78 is 22.1. The lowest BCUT2D eigenvalue weighted by Gasteiger charge is -2.05. The SMILES string of the molecule is Cc1noc2nc(-c3ccco3)cc(C(=O)OCc3nc(-c4cccc(Br)c4)no3)c12. The molecule has 0 amide bonds. The second kappa shape index (κ2) is 7.80. The molecule has 5 rings (SSSR count). The highest BCUT2D eigenvalue weighted by Crippen LogP contribution is 2.28. The normalized spacial score (nSPS) is 11.2. The van der Waals surface area contributed by atoms with Gasteiger partial charge in [0.2, 0.25) is 5.82 Å². The summed E-state index contributed by atoms with van der Waals surface area (Å²) in [4.78, 5) is 21.5. The number of fused-ring (bicyclic) bond motifs is 1. The van der Waals surface area contributed by atoms with Gasteiger partial charge in [0, 0.05) is 10.0 Å². The third-order valence-electron chi connectivity index (χ3n) is 4.49. The third-order valence-corrected chi connectivity index (χ3v) is 4.98. The summed E-state index contributed by atoms with van der Waals surface area (Å²) >= 11 is 3.40. The molecular formula is C21H13BrN4O5. The molecule has 4 heterocycles. The molecular weight excluding hydrogens is 468 g/mol. The zero-order valence-corrected chi connectivity index (χ0v) is 17.6. The van der Waals surface area contributed by atoms with E-state index in [9.17, 15) is 4.79 Å². The monoisotopic (exact) mass is 480 g/mol. The van der Waals surface area contributed by atoms with Crippen molar-refractivity contribution in [1.29, 1.82) is 0 Å². The van der Waals surface area contributed by atoms with Crippen LogP contribution in [0.15, 0.2) is 66.7 Å². The molecule has 0 unspecified atom stereocenters. The number of rotatable bonds is 5. The van der Waals surface area contributed by atoms with E-state index in [1.807, 2.05) is 24.3 Å². The molecule has 9 nitrogen and oxygen atoms in total. The largest absolute Gasteiger partial charge is 0.463 e. The first kappa shape index (κ1) is 19.2. The van der Waals surface area contributed by atoms with Gasteiger partial charge in [0.15, 0.2) is 12.4 Å². The van der Waals surface area contributed by atoms with Crippen LogP contribution < -0.4 is 0 Å². The van der Waals surface area contributed by atoms with Crippen molar-refractivity contribution in [3.8, 4) is 22.8 Å². The number of furan rings is 1. The van der Waals surface area contributed by atoms with Gasteiger partial charge >= 0.3 is 5.97 Å². The molecule has 0 bridgehead atoms. The lowest BCUT2D eigenvalue weighted by atomic mass is 10.1. The van der Waals surface area contributed by atoms with Gasteiger partial charge in [-0.15, -0.1) is 0 Å². The Kier molecular flexibility index (Phi) is 4.83. The maximum absolute atomic E-state index is 12.9. The Morgan fingerprint density at radius 3 is 2.81 bits per heavy atom. The fraction of sp³-hybridized carbons (Fsp3) is 0.0952. The smallest absolute Gasteiger partial charge is 0.339 e. The number of esters is 1. The van der Waals surface area contributed by atoms with E-state index < -0.39 is 5.97 Å². The number of pyridine rings is 1. The molecule has 0 saturated heterocycles. The predicted octanol–water partition coefficient (Wildman–Crippen LogP) is 4.96. The highest BCUT2D eigenvalue weighted by atomic mass is 79.9. The predicted molar refractivity (Wildman–Crippen MR) is 111 cm³/mol. The summed E-state index contributed by atoms with van der Waals surface area (Å²) in [5.41, 5.74) is 2.19. The van der Waals surface area contributed by atoms with Crippen LogP contribution in [-0.2, 0) is 11.3 Å². The van der Waals surface area contributed by atoms with E-state index in [1.54, 1.807) is 25.1 Å². The van der Waals surface area contributed by atoms with E-state index in [4.69, 9.17) is 18.2 Å². The molecule has 0 aliphatic carbocycles. The van der Waals surface area contributed by atoms with Gasteiger partial charge in [0.25, 0.3) is 11.6 Å². The van der Waals surface area contributed by atoms with Gasteiger partial charge in [-0.25, -0.2) is 9.78 Å². The van der Waals surface area contributed by atoms with Crippen molar-refractivity contribution in [1.82, 2.24) is 20.3 Å². The van der Waals surface area contributed by atoms with E-state index in [0.29, 0.717) is 28.4 Å². The van der Waals surface area contributed by atoms with Crippen molar-refractivity contribution in [3.05, 3.63) is 70.3 Å². The van der Waals surface area contributed by atoms with Crippen LogP contribution in [0.2, 0.25) is 0 Å². The van der Waals surface area contributed by atoms with E-state index in [0.717, 1.165) is 10.0 Å². The van der Waals surface area contributed by atoms with Crippen molar-refractivity contribution < 1.29 is 23.0 Å². The Morgan fingerprint density at radius 1 is 1.10 bits per heavy atom. The first-order valence-corrected chi connectivity index (χ1v) is 9.94. The van der Waals surface area contributed by atoms with Gasteiger partial charge in [0.05, 0.1) is 22.9 Å². The molecule has 0 aliphatic rings. The molecule has 0 spiro atoms. The van der Waals surface area contributed by atoms with E-state index in [-0.39, 0.29) is 23.8 Å². The minimum absolute atomic E-state index is 0.168. The number of aryl methyl sites for hydroxylation is 1.